The lowest BCUT2D eigenvalue weighted by Crippen LogP contribution is -2.34. The van der Waals surface area contributed by atoms with Crippen LogP contribution in [0.1, 0.15) is 30.1 Å². The smallest absolute Gasteiger partial charge is 0.246 e. The highest BCUT2D eigenvalue weighted by molar-refractivity contribution is 5.97. The Morgan fingerprint density at radius 2 is 2.04 bits per heavy atom. The van der Waals surface area contributed by atoms with Crippen molar-refractivity contribution in [3.05, 3.63) is 47.8 Å². The summed E-state index contributed by atoms with van der Waals surface area (Å²) in [5.74, 6) is 2.10. The maximum absolute atomic E-state index is 12.6. The molecule has 0 spiro atoms. The summed E-state index contributed by atoms with van der Waals surface area (Å²) in [4.78, 5) is 14.4. The number of carbonyl (C=O) groups excluding carboxylic acids is 1. The predicted molar refractivity (Wildman–Crippen MR) is 93.7 cm³/mol. The Morgan fingerprint density at radius 1 is 1.16 bits per heavy atom. The zero-order chi connectivity index (χ0) is 16.8. The van der Waals surface area contributed by atoms with Gasteiger partial charge < -0.3 is 10.2 Å². The number of benzene rings is 1. The first-order valence-corrected chi connectivity index (χ1v) is 8.64. The van der Waals surface area contributed by atoms with Gasteiger partial charge in [0.2, 0.25) is 5.91 Å². The van der Waals surface area contributed by atoms with Gasteiger partial charge in [0.25, 0.3) is 0 Å². The maximum Gasteiger partial charge on any atom is 0.246 e. The SMILES string of the molecule is O=C(CNc1ccc2nnc(C3CC3)n2n1)N1CCc2ccccc21. The number of nitrogens with one attached hydrogen (secondary N) is 1. The average molecular weight is 334 g/mol. The monoisotopic (exact) mass is 334 g/mol. The predicted octanol–water partition coefficient (Wildman–Crippen LogP) is 2.00. The second-order valence-corrected chi connectivity index (χ2v) is 6.60. The summed E-state index contributed by atoms with van der Waals surface area (Å²) in [7, 11) is 0. The van der Waals surface area contributed by atoms with Crippen LogP contribution in [0.2, 0.25) is 0 Å². The van der Waals surface area contributed by atoms with Crippen LogP contribution in [0.15, 0.2) is 36.4 Å². The number of hydrogen-bond acceptors (Lipinski definition) is 5. The highest BCUT2D eigenvalue weighted by atomic mass is 16.2. The number of fused-ring (bicyclic) bond motifs is 2. The molecule has 2 aliphatic rings. The van der Waals surface area contributed by atoms with E-state index in [0.29, 0.717) is 11.7 Å². The summed E-state index contributed by atoms with van der Waals surface area (Å²) >= 11 is 0. The van der Waals surface area contributed by atoms with Crippen molar-refractivity contribution in [2.45, 2.75) is 25.2 Å². The highest BCUT2D eigenvalue weighted by Crippen LogP contribution is 2.38. The summed E-state index contributed by atoms with van der Waals surface area (Å²) in [6.07, 6.45) is 3.21. The third-order valence-electron chi connectivity index (χ3n) is 4.84. The van der Waals surface area contributed by atoms with E-state index in [9.17, 15) is 4.79 Å². The molecule has 25 heavy (non-hydrogen) atoms. The minimum atomic E-state index is 0.0537. The van der Waals surface area contributed by atoms with Crippen LogP contribution in [0.4, 0.5) is 11.5 Å². The Labute approximate surface area is 144 Å². The van der Waals surface area contributed by atoms with E-state index in [1.807, 2.05) is 35.2 Å². The first-order valence-electron chi connectivity index (χ1n) is 8.64. The molecule has 1 saturated carbocycles. The number of rotatable bonds is 4. The number of aromatic nitrogens is 4. The molecular weight excluding hydrogens is 316 g/mol. The summed E-state index contributed by atoms with van der Waals surface area (Å²) in [5, 5.41) is 16.1. The minimum absolute atomic E-state index is 0.0537. The fourth-order valence-electron chi connectivity index (χ4n) is 3.35. The van der Waals surface area contributed by atoms with Crippen LogP contribution in [0.5, 0.6) is 0 Å². The van der Waals surface area contributed by atoms with Gasteiger partial charge in [-0.05, 0) is 43.0 Å². The van der Waals surface area contributed by atoms with Crippen molar-refractivity contribution in [3.8, 4) is 0 Å². The van der Waals surface area contributed by atoms with Crippen molar-refractivity contribution in [3.63, 3.8) is 0 Å². The molecule has 1 aromatic carbocycles. The largest absolute Gasteiger partial charge is 0.360 e. The third kappa shape index (κ3) is 2.52. The molecule has 1 aliphatic carbocycles. The number of para-hydroxylation sites is 1. The lowest BCUT2D eigenvalue weighted by Gasteiger charge is -2.17. The van der Waals surface area contributed by atoms with Gasteiger partial charge in [0.1, 0.15) is 5.82 Å². The molecule has 7 heteroatoms. The zero-order valence-corrected chi connectivity index (χ0v) is 13.7. The lowest BCUT2D eigenvalue weighted by molar-refractivity contribution is -0.116. The van der Waals surface area contributed by atoms with Gasteiger partial charge in [-0.25, -0.2) is 0 Å². The van der Waals surface area contributed by atoms with Gasteiger partial charge in [0.15, 0.2) is 11.5 Å². The van der Waals surface area contributed by atoms with E-state index in [0.717, 1.165) is 43.0 Å². The highest BCUT2D eigenvalue weighted by Gasteiger charge is 2.29. The standard InChI is InChI=1S/C18H18N6O/c25-17(23-10-9-12-3-1-2-4-14(12)23)11-19-15-7-8-16-20-21-18(13-5-6-13)24(16)22-15/h1-4,7-8,13H,5-6,9-11H2,(H,19,22). The molecule has 1 fully saturated rings. The summed E-state index contributed by atoms with van der Waals surface area (Å²) in [6.45, 7) is 0.956. The molecule has 0 unspecified atom stereocenters. The normalized spacial score (nSPS) is 16.2. The molecule has 7 nitrogen and oxygen atoms in total. The average Bonchev–Trinajstić information content (AvgIpc) is 3.25. The summed E-state index contributed by atoms with van der Waals surface area (Å²) in [6, 6.07) is 11.8. The number of nitrogens with zero attached hydrogens (tertiary/aromatic N) is 5. The summed E-state index contributed by atoms with van der Waals surface area (Å²) < 4.78 is 1.79. The molecule has 1 aliphatic heterocycles. The van der Waals surface area contributed by atoms with Gasteiger partial charge in [0, 0.05) is 18.2 Å². The Balaban J connectivity index is 1.32. The molecule has 0 saturated heterocycles. The van der Waals surface area contributed by atoms with Crippen molar-refractivity contribution in [2.75, 3.05) is 23.3 Å². The van der Waals surface area contributed by atoms with E-state index in [1.54, 1.807) is 4.52 Å². The number of anilines is 2. The van der Waals surface area contributed by atoms with Gasteiger partial charge in [-0.15, -0.1) is 15.3 Å². The second kappa shape index (κ2) is 5.54. The van der Waals surface area contributed by atoms with Crippen molar-refractivity contribution in [1.29, 1.82) is 0 Å². The molecular formula is C18H18N6O. The van der Waals surface area contributed by atoms with Crippen LogP contribution in [-0.4, -0.2) is 38.8 Å². The third-order valence-corrected chi connectivity index (χ3v) is 4.84. The molecule has 2 aromatic heterocycles. The van der Waals surface area contributed by atoms with Crippen LogP contribution in [0, 0.1) is 0 Å². The first kappa shape index (κ1) is 14.4. The van der Waals surface area contributed by atoms with Crippen LogP contribution in [0.25, 0.3) is 5.65 Å². The molecule has 0 atom stereocenters. The van der Waals surface area contributed by atoms with Crippen LogP contribution in [-0.2, 0) is 11.2 Å². The van der Waals surface area contributed by atoms with Gasteiger partial charge in [0.05, 0.1) is 6.54 Å². The van der Waals surface area contributed by atoms with E-state index in [1.165, 1.54) is 5.56 Å². The quantitative estimate of drug-likeness (QED) is 0.790. The second-order valence-electron chi connectivity index (χ2n) is 6.60. The molecule has 3 aromatic rings. The number of amides is 1. The molecule has 5 rings (SSSR count). The molecule has 3 heterocycles. The topological polar surface area (TPSA) is 75.4 Å². The molecule has 126 valence electrons. The zero-order valence-electron chi connectivity index (χ0n) is 13.7. The van der Waals surface area contributed by atoms with Crippen LogP contribution >= 0.6 is 0 Å². The molecule has 1 N–H and O–H groups in total. The van der Waals surface area contributed by atoms with Crippen LogP contribution in [0.3, 0.4) is 0 Å². The summed E-state index contributed by atoms with van der Waals surface area (Å²) in [5.41, 5.74) is 2.99. The molecule has 1 amide bonds. The molecule has 0 bridgehead atoms. The molecule has 0 radical (unpaired) electrons. The Hall–Kier alpha value is -2.96. The maximum atomic E-state index is 12.6. The van der Waals surface area contributed by atoms with E-state index >= 15 is 0 Å². The van der Waals surface area contributed by atoms with Gasteiger partial charge in [-0.2, -0.15) is 4.52 Å². The van der Waals surface area contributed by atoms with Crippen molar-refractivity contribution >= 4 is 23.1 Å². The van der Waals surface area contributed by atoms with Gasteiger partial charge in [-0.3, -0.25) is 4.79 Å². The van der Waals surface area contributed by atoms with E-state index < -0.39 is 0 Å². The van der Waals surface area contributed by atoms with Crippen molar-refractivity contribution < 1.29 is 4.79 Å². The van der Waals surface area contributed by atoms with E-state index in [-0.39, 0.29) is 12.5 Å². The minimum Gasteiger partial charge on any atom is -0.360 e. The van der Waals surface area contributed by atoms with Gasteiger partial charge in [-0.1, -0.05) is 18.2 Å². The number of carbonyl (C=O) groups is 1. The lowest BCUT2D eigenvalue weighted by atomic mass is 10.2. The van der Waals surface area contributed by atoms with E-state index in [4.69, 9.17) is 0 Å². The Morgan fingerprint density at radius 3 is 2.92 bits per heavy atom. The first-order chi connectivity index (χ1) is 12.3. The number of hydrogen-bond donors (Lipinski definition) is 1. The Bertz CT molecular complexity index is 961. The van der Waals surface area contributed by atoms with Crippen molar-refractivity contribution in [2.24, 2.45) is 0 Å². The van der Waals surface area contributed by atoms with E-state index in [2.05, 4.69) is 26.7 Å². The Kier molecular flexibility index (Phi) is 3.19. The fraction of sp³-hybridized carbons (Fsp3) is 0.333. The van der Waals surface area contributed by atoms with Gasteiger partial charge >= 0.3 is 0 Å². The van der Waals surface area contributed by atoms with Crippen molar-refractivity contribution in [1.82, 2.24) is 19.8 Å². The van der Waals surface area contributed by atoms with Crippen LogP contribution < -0.4 is 10.2 Å². The fourth-order valence-corrected chi connectivity index (χ4v) is 3.35.